The molecule has 0 saturated carbocycles. The molecule has 0 aliphatic rings. The van der Waals surface area contributed by atoms with Crippen LogP contribution in [-0.4, -0.2) is 47.4 Å². The maximum atomic E-state index is 12.5. The third-order valence-electron chi connectivity index (χ3n) is 15.0. The van der Waals surface area contributed by atoms with Gasteiger partial charge < -0.3 is 20.3 Å². The van der Waals surface area contributed by atoms with E-state index in [9.17, 15) is 19.8 Å². The van der Waals surface area contributed by atoms with E-state index in [-0.39, 0.29) is 18.5 Å². The highest BCUT2D eigenvalue weighted by Gasteiger charge is 2.18. The van der Waals surface area contributed by atoms with Gasteiger partial charge in [0.25, 0.3) is 0 Å². The minimum Gasteiger partial charge on any atom is -0.466 e. The summed E-state index contributed by atoms with van der Waals surface area (Å²) >= 11 is 0. The average molecular weight is 1000 g/mol. The third kappa shape index (κ3) is 57.5. The van der Waals surface area contributed by atoms with Crippen LogP contribution >= 0.6 is 0 Å². The Balaban J connectivity index is 3.42. The van der Waals surface area contributed by atoms with Crippen molar-refractivity contribution in [3.63, 3.8) is 0 Å². The highest BCUT2D eigenvalue weighted by atomic mass is 16.5. The minimum absolute atomic E-state index is 0.00178. The Morgan fingerprint density at radius 2 is 0.662 bits per heavy atom. The number of rotatable bonds is 60. The quantitative estimate of drug-likeness (QED) is 0.0320. The van der Waals surface area contributed by atoms with Gasteiger partial charge in [-0.2, -0.15) is 0 Å². The molecule has 0 heterocycles. The monoisotopic (exact) mass is 1000 g/mol. The summed E-state index contributed by atoms with van der Waals surface area (Å²) in [7, 11) is 0. The van der Waals surface area contributed by atoms with Crippen molar-refractivity contribution in [2.75, 3.05) is 13.2 Å². The van der Waals surface area contributed by atoms with Gasteiger partial charge in [0.15, 0.2) is 0 Å². The topological polar surface area (TPSA) is 95.9 Å². The molecule has 0 aliphatic carbocycles. The van der Waals surface area contributed by atoms with Crippen molar-refractivity contribution in [3.05, 3.63) is 24.3 Å². The summed E-state index contributed by atoms with van der Waals surface area (Å²) in [6.45, 7) is 4.90. The number of nitrogens with one attached hydrogen (secondary N) is 1. The fraction of sp³-hybridized carbons (Fsp3) is 0.908. The molecule has 0 saturated heterocycles. The molecule has 2 atom stereocenters. The maximum absolute atomic E-state index is 12.5. The SMILES string of the molecule is CCCCC/C=C\CCCCCCCC(=O)OCCCCCCCCCCCCCCCCCCCCCCCC(=O)NC(CO)C(O)/C=C/CCCCCCCCCCCCCCCCCCCCC. The second kappa shape index (κ2) is 60.9. The van der Waals surface area contributed by atoms with Gasteiger partial charge in [-0.05, 0) is 57.8 Å². The van der Waals surface area contributed by atoms with Gasteiger partial charge in [0.2, 0.25) is 5.91 Å². The van der Waals surface area contributed by atoms with Gasteiger partial charge >= 0.3 is 5.97 Å². The number of amides is 1. The first-order chi connectivity index (χ1) is 35.0. The van der Waals surface area contributed by atoms with Crippen LogP contribution in [0.1, 0.15) is 354 Å². The Labute approximate surface area is 443 Å². The molecule has 3 N–H and O–H groups in total. The molecule has 71 heavy (non-hydrogen) atoms. The molecule has 0 fully saturated rings. The highest BCUT2D eigenvalue weighted by Crippen LogP contribution is 2.18. The van der Waals surface area contributed by atoms with Crippen LogP contribution in [0.2, 0.25) is 0 Å². The maximum Gasteiger partial charge on any atom is 0.305 e. The highest BCUT2D eigenvalue weighted by molar-refractivity contribution is 5.76. The van der Waals surface area contributed by atoms with E-state index in [1.54, 1.807) is 6.08 Å². The molecule has 0 aromatic carbocycles. The standard InChI is InChI=1S/C65H125NO5/c1-3-5-7-9-11-13-15-17-18-19-20-22-25-28-31-34-37-41-45-49-53-57-63(68)62(61-67)66-64(69)58-54-50-46-42-38-35-32-29-26-23-21-24-27-30-33-36-40-44-48-52-56-60-71-65(70)59-55-51-47-43-39-16-14-12-10-8-6-4-2/h12,14,53,57,62-63,67-68H,3-11,13,15-52,54-56,58-61H2,1-2H3,(H,66,69)/b14-12-,57-53+. The van der Waals surface area contributed by atoms with Gasteiger partial charge in [0, 0.05) is 12.8 Å². The van der Waals surface area contributed by atoms with E-state index < -0.39 is 12.1 Å². The van der Waals surface area contributed by atoms with Crippen LogP contribution in [0.3, 0.4) is 0 Å². The lowest BCUT2D eigenvalue weighted by Gasteiger charge is -2.20. The van der Waals surface area contributed by atoms with Gasteiger partial charge in [0.1, 0.15) is 0 Å². The molecule has 0 aromatic rings. The zero-order valence-corrected chi connectivity index (χ0v) is 48.0. The number of carbonyl (C=O) groups excluding carboxylic acids is 2. The Morgan fingerprint density at radius 3 is 1.03 bits per heavy atom. The van der Waals surface area contributed by atoms with Crippen LogP contribution in [0, 0.1) is 0 Å². The number of carbonyl (C=O) groups is 2. The Kier molecular flexibility index (Phi) is 59.5. The summed E-state index contributed by atoms with van der Waals surface area (Å²) in [6, 6.07) is -0.629. The molecule has 0 aliphatic heterocycles. The second-order valence-electron chi connectivity index (χ2n) is 22.1. The molecule has 6 heteroatoms. The van der Waals surface area contributed by atoms with Crippen LogP contribution in [0.15, 0.2) is 24.3 Å². The lowest BCUT2D eigenvalue weighted by molar-refractivity contribution is -0.143. The fourth-order valence-electron chi connectivity index (χ4n) is 10.0. The van der Waals surface area contributed by atoms with Gasteiger partial charge in [0.05, 0.1) is 25.4 Å². The normalized spacial score (nSPS) is 12.7. The fourth-order valence-corrected chi connectivity index (χ4v) is 10.0. The minimum atomic E-state index is -0.846. The molecule has 0 radical (unpaired) electrons. The number of hydrogen-bond acceptors (Lipinski definition) is 5. The lowest BCUT2D eigenvalue weighted by Crippen LogP contribution is -2.45. The van der Waals surface area contributed by atoms with Crippen molar-refractivity contribution in [1.82, 2.24) is 5.32 Å². The predicted octanol–water partition coefficient (Wildman–Crippen LogP) is 20.2. The largest absolute Gasteiger partial charge is 0.466 e. The van der Waals surface area contributed by atoms with Crippen molar-refractivity contribution in [3.8, 4) is 0 Å². The van der Waals surface area contributed by atoms with Crippen molar-refractivity contribution >= 4 is 11.9 Å². The van der Waals surface area contributed by atoms with Gasteiger partial charge in [-0.25, -0.2) is 0 Å². The van der Waals surface area contributed by atoms with Gasteiger partial charge in [-0.1, -0.05) is 308 Å². The average Bonchev–Trinajstić information content (AvgIpc) is 3.37. The molecule has 0 aromatic heterocycles. The molecule has 0 spiro atoms. The summed E-state index contributed by atoms with van der Waals surface area (Å²) in [6.07, 6.45) is 75.1. The van der Waals surface area contributed by atoms with E-state index in [1.807, 2.05) is 6.08 Å². The summed E-state index contributed by atoms with van der Waals surface area (Å²) in [4.78, 5) is 24.5. The van der Waals surface area contributed by atoms with E-state index in [1.165, 1.54) is 283 Å². The predicted molar refractivity (Wildman–Crippen MR) is 310 cm³/mol. The molecule has 420 valence electrons. The smallest absolute Gasteiger partial charge is 0.305 e. The second-order valence-corrected chi connectivity index (χ2v) is 22.1. The lowest BCUT2D eigenvalue weighted by atomic mass is 10.0. The summed E-state index contributed by atoms with van der Waals surface area (Å²) in [5.74, 6) is -0.0639. The van der Waals surface area contributed by atoms with Gasteiger partial charge in [-0.15, -0.1) is 0 Å². The molecule has 0 bridgehead atoms. The van der Waals surface area contributed by atoms with E-state index in [4.69, 9.17) is 4.74 Å². The van der Waals surface area contributed by atoms with E-state index >= 15 is 0 Å². The Morgan fingerprint density at radius 1 is 0.380 bits per heavy atom. The summed E-state index contributed by atoms with van der Waals surface area (Å²) in [5.41, 5.74) is 0. The molecular formula is C65H125NO5. The Bertz CT molecular complexity index is 1110. The van der Waals surface area contributed by atoms with Crippen molar-refractivity contribution in [1.29, 1.82) is 0 Å². The zero-order valence-electron chi connectivity index (χ0n) is 48.0. The molecule has 2 unspecified atom stereocenters. The van der Waals surface area contributed by atoms with Gasteiger partial charge in [-0.3, -0.25) is 9.59 Å². The van der Waals surface area contributed by atoms with E-state index in [0.29, 0.717) is 19.4 Å². The van der Waals surface area contributed by atoms with Crippen LogP contribution in [0.4, 0.5) is 0 Å². The van der Waals surface area contributed by atoms with Crippen LogP contribution in [-0.2, 0) is 14.3 Å². The van der Waals surface area contributed by atoms with Crippen molar-refractivity contribution in [2.45, 2.75) is 366 Å². The molecule has 1 amide bonds. The number of aliphatic hydroxyl groups excluding tert-OH is 2. The summed E-state index contributed by atoms with van der Waals surface area (Å²) < 4.78 is 5.47. The van der Waals surface area contributed by atoms with Crippen LogP contribution in [0.25, 0.3) is 0 Å². The molecule has 0 rings (SSSR count). The van der Waals surface area contributed by atoms with E-state index in [0.717, 1.165) is 44.9 Å². The number of hydrogen-bond donors (Lipinski definition) is 3. The van der Waals surface area contributed by atoms with Crippen molar-refractivity contribution < 1.29 is 24.5 Å². The number of esters is 1. The Hall–Kier alpha value is -1.66. The molecular weight excluding hydrogens is 875 g/mol. The first-order valence-corrected chi connectivity index (χ1v) is 32.1. The molecule has 6 nitrogen and oxygen atoms in total. The van der Waals surface area contributed by atoms with Crippen LogP contribution in [0.5, 0.6) is 0 Å². The summed E-state index contributed by atoms with van der Waals surface area (Å²) in [5, 5.41) is 23.2. The zero-order chi connectivity index (χ0) is 51.4. The number of unbranched alkanes of at least 4 members (excludes halogenated alkanes) is 47. The third-order valence-corrected chi connectivity index (χ3v) is 15.0. The number of aliphatic hydroxyl groups is 2. The first kappa shape index (κ1) is 69.3. The van der Waals surface area contributed by atoms with E-state index in [2.05, 4.69) is 31.3 Å². The van der Waals surface area contributed by atoms with Crippen molar-refractivity contribution in [2.24, 2.45) is 0 Å². The number of allylic oxidation sites excluding steroid dienone is 3. The number of ether oxygens (including phenoxy) is 1. The first-order valence-electron chi connectivity index (χ1n) is 32.1. The van der Waals surface area contributed by atoms with Crippen LogP contribution < -0.4 is 5.32 Å².